The summed E-state index contributed by atoms with van der Waals surface area (Å²) in [7, 11) is -0.405. The van der Waals surface area contributed by atoms with Gasteiger partial charge in [-0.15, -0.1) is 11.3 Å². The van der Waals surface area contributed by atoms with Crippen LogP contribution in [0, 0.1) is 0 Å². The summed E-state index contributed by atoms with van der Waals surface area (Å²) in [6, 6.07) is 29.5. The molecule has 0 bridgehead atoms. The molecule has 1 saturated heterocycles. The van der Waals surface area contributed by atoms with Gasteiger partial charge >= 0.3 is 6.09 Å². The van der Waals surface area contributed by atoms with Crippen LogP contribution < -0.4 is 15.8 Å². The third-order valence-corrected chi connectivity index (χ3v) is 12.3. The minimum atomic E-state index is -1.19. The van der Waals surface area contributed by atoms with Gasteiger partial charge in [0.05, 0.1) is 49.5 Å². The van der Waals surface area contributed by atoms with Crippen LogP contribution in [-0.4, -0.2) is 45.6 Å². The Kier molecular flexibility index (Phi) is 10.2. The van der Waals surface area contributed by atoms with Gasteiger partial charge in [-0.05, 0) is 81.4 Å². The van der Waals surface area contributed by atoms with Crippen molar-refractivity contribution in [2.45, 2.75) is 47.5 Å². The van der Waals surface area contributed by atoms with E-state index in [2.05, 4.69) is 38.2 Å². The van der Waals surface area contributed by atoms with E-state index in [1.165, 1.54) is 9.47 Å². The lowest BCUT2D eigenvalue weighted by Gasteiger charge is -2.24. The average Bonchev–Trinajstić information content (AvgIpc) is 3.69. The number of nitrogens with zero attached hydrogens (tertiary/aromatic N) is 2. The number of benzene rings is 3. The number of rotatable bonds is 9. The summed E-state index contributed by atoms with van der Waals surface area (Å²) < 4.78 is 7.22. The number of anilines is 1. The van der Waals surface area contributed by atoms with Crippen LogP contribution in [0.3, 0.4) is 0 Å². The first-order chi connectivity index (χ1) is 23.4. The van der Waals surface area contributed by atoms with Gasteiger partial charge in [-0.1, -0.05) is 59.6 Å². The summed E-state index contributed by atoms with van der Waals surface area (Å²) in [5.41, 5.74) is 1.32. The Balaban J connectivity index is 1.24. The molecule has 6 rings (SSSR count). The minimum Gasteiger partial charge on any atom is -0.442 e. The molecule has 2 unspecified atom stereocenters. The molecule has 0 aliphatic carbocycles. The molecule has 12 heteroatoms. The van der Waals surface area contributed by atoms with E-state index < -0.39 is 34.8 Å². The number of cyclic esters (lactones) is 1. The lowest BCUT2D eigenvalue weighted by atomic mass is 10.0. The molecule has 252 valence electrons. The number of ether oxygens (including phenoxy) is 1. The van der Waals surface area contributed by atoms with Crippen LogP contribution in [0.1, 0.15) is 47.7 Å². The maximum atomic E-state index is 14.0. The van der Waals surface area contributed by atoms with Crippen LogP contribution in [0.25, 0.3) is 5.69 Å². The lowest BCUT2D eigenvalue weighted by Crippen LogP contribution is -2.34. The fourth-order valence-electron chi connectivity index (χ4n) is 5.76. The van der Waals surface area contributed by atoms with Crippen molar-refractivity contribution in [2.24, 2.45) is 0 Å². The maximum absolute atomic E-state index is 14.0. The molecule has 0 radical (unpaired) electrons. The highest BCUT2D eigenvalue weighted by atomic mass is 35.5. The molecule has 0 spiro atoms. The second kappa shape index (κ2) is 14.4. The van der Waals surface area contributed by atoms with Crippen molar-refractivity contribution in [1.29, 1.82) is 0 Å². The number of amides is 2. The summed E-state index contributed by atoms with van der Waals surface area (Å²) >= 11 is 13.8. The van der Waals surface area contributed by atoms with Crippen molar-refractivity contribution in [3.05, 3.63) is 139 Å². The molecule has 1 fully saturated rings. The van der Waals surface area contributed by atoms with E-state index in [0.717, 1.165) is 21.1 Å². The molecule has 49 heavy (non-hydrogen) atoms. The van der Waals surface area contributed by atoms with E-state index >= 15 is 0 Å². The van der Waals surface area contributed by atoms with Crippen molar-refractivity contribution in [3.8, 4) is 5.69 Å². The third kappa shape index (κ3) is 7.44. The average molecular weight is 736 g/mol. The Bertz CT molecular complexity index is 2060. The molecular weight excluding hydrogens is 701 g/mol. The zero-order chi connectivity index (χ0) is 34.9. The molecule has 3 atom stereocenters. The quantitative estimate of drug-likeness (QED) is 0.150. The standard InChI is InChI=1S/C37H33Cl2N3O5S2/c1-37(2,3)49(25-10-5-4-6-11-25)31-14-8-7-12-26(31)33(43)27-13-9-19-41(35(27)45)29-16-15-23(20-28(29)38)42-22-24(47-36(42)46)21-40-34(44)30-17-18-32(39)48-30/h4-20,24,33,43H,21-22H2,1-3H3/p+1/t24-,33?,49?/m0/s1. The number of halogens is 2. The van der Waals surface area contributed by atoms with Crippen LogP contribution in [0.2, 0.25) is 9.36 Å². The van der Waals surface area contributed by atoms with E-state index in [4.69, 9.17) is 27.9 Å². The molecule has 2 amide bonds. The van der Waals surface area contributed by atoms with Gasteiger partial charge in [0.1, 0.15) is 17.0 Å². The molecule has 3 aromatic carbocycles. The third-order valence-electron chi connectivity index (χ3n) is 7.96. The van der Waals surface area contributed by atoms with E-state index in [0.29, 0.717) is 26.2 Å². The molecule has 3 heterocycles. The Morgan fingerprint density at radius 3 is 2.39 bits per heavy atom. The molecule has 1 aliphatic heterocycles. The van der Waals surface area contributed by atoms with Crippen LogP contribution in [0.5, 0.6) is 0 Å². The first-order valence-electron chi connectivity index (χ1n) is 15.5. The van der Waals surface area contributed by atoms with Gasteiger partial charge in [0.15, 0.2) is 9.79 Å². The first kappa shape index (κ1) is 34.8. The number of carbonyl (C=O) groups is 2. The molecule has 2 N–H and O–H groups in total. The van der Waals surface area contributed by atoms with Crippen molar-refractivity contribution in [1.82, 2.24) is 9.88 Å². The summed E-state index contributed by atoms with van der Waals surface area (Å²) in [6.07, 6.45) is -0.746. The predicted molar refractivity (Wildman–Crippen MR) is 197 cm³/mol. The number of hydrogen-bond donors (Lipinski definition) is 2. The SMILES string of the molecule is CC(C)(C)[S+](c1ccccc1)c1ccccc1C(O)c1cccn(-c2ccc(N3C[C@H](CNC(=O)c4ccc(Cl)s4)OC3=O)cc2Cl)c1=O. The van der Waals surface area contributed by atoms with Crippen LogP contribution in [-0.2, 0) is 15.6 Å². The van der Waals surface area contributed by atoms with Gasteiger partial charge in [-0.2, -0.15) is 0 Å². The van der Waals surface area contributed by atoms with Crippen molar-refractivity contribution in [3.63, 3.8) is 0 Å². The lowest BCUT2D eigenvalue weighted by molar-refractivity contribution is 0.0920. The molecule has 8 nitrogen and oxygen atoms in total. The fourth-order valence-corrected chi connectivity index (χ4v) is 9.67. The molecule has 0 saturated carbocycles. The Morgan fingerprint density at radius 1 is 0.980 bits per heavy atom. The highest BCUT2D eigenvalue weighted by Gasteiger charge is 2.41. The minimum absolute atomic E-state index is 0.123. The number of pyridine rings is 1. The molecular formula is C37H34Cl2N3O5S2+. The monoisotopic (exact) mass is 734 g/mol. The maximum Gasteiger partial charge on any atom is 0.414 e. The second-order valence-corrected chi connectivity index (χ2v) is 17.2. The fraction of sp³-hybridized carbons (Fsp3) is 0.216. The summed E-state index contributed by atoms with van der Waals surface area (Å²) in [5, 5.41) is 14.8. The van der Waals surface area contributed by atoms with E-state index in [1.807, 2.05) is 42.5 Å². The number of hydrogen-bond acceptors (Lipinski definition) is 6. The molecule has 1 aliphatic rings. The summed E-state index contributed by atoms with van der Waals surface area (Å²) in [5.74, 6) is -0.300. The van der Waals surface area contributed by atoms with Gasteiger partial charge < -0.3 is 15.2 Å². The van der Waals surface area contributed by atoms with Gasteiger partial charge in [-0.25, -0.2) is 4.79 Å². The highest BCUT2D eigenvalue weighted by molar-refractivity contribution is 7.98. The van der Waals surface area contributed by atoms with Gasteiger partial charge in [0.2, 0.25) is 0 Å². The number of aliphatic hydroxyl groups is 1. The van der Waals surface area contributed by atoms with Crippen molar-refractivity contribution >= 4 is 63.1 Å². The topological polar surface area (TPSA) is 101 Å². The van der Waals surface area contributed by atoms with E-state index in [1.54, 1.807) is 48.7 Å². The largest absolute Gasteiger partial charge is 0.442 e. The normalized spacial score (nSPS) is 15.9. The molecule has 5 aromatic rings. The number of thiophene rings is 1. The second-order valence-electron chi connectivity index (χ2n) is 12.4. The van der Waals surface area contributed by atoms with Gasteiger partial charge in [-0.3, -0.25) is 19.1 Å². The number of aliphatic hydroxyl groups excluding tert-OH is 1. The number of carbonyl (C=O) groups excluding carboxylic acids is 2. The van der Waals surface area contributed by atoms with Crippen LogP contribution in [0.4, 0.5) is 10.5 Å². The summed E-state index contributed by atoms with van der Waals surface area (Å²) in [6.45, 7) is 6.85. The van der Waals surface area contributed by atoms with Crippen LogP contribution >= 0.6 is 34.5 Å². The zero-order valence-electron chi connectivity index (χ0n) is 26.9. The number of nitrogens with one attached hydrogen (secondary N) is 1. The Hall–Kier alpha value is -4.06. The van der Waals surface area contributed by atoms with Crippen molar-refractivity contribution < 1.29 is 19.4 Å². The number of aromatic nitrogens is 1. The van der Waals surface area contributed by atoms with Crippen molar-refractivity contribution in [2.75, 3.05) is 18.0 Å². The molecule has 2 aromatic heterocycles. The smallest absolute Gasteiger partial charge is 0.414 e. The predicted octanol–water partition coefficient (Wildman–Crippen LogP) is 7.88. The Labute approximate surface area is 301 Å². The Morgan fingerprint density at radius 2 is 1.69 bits per heavy atom. The zero-order valence-corrected chi connectivity index (χ0v) is 30.1. The first-order valence-corrected chi connectivity index (χ1v) is 18.3. The van der Waals surface area contributed by atoms with Crippen LogP contribution in [0.15, 0.2) is 118 Å². The van der Waals surface area contributed by atoms with E-state index in [-0.39, 0.29) is 34.3 Å². The summed E-state index contributed by atoms with van der Waals surface area (Å²) in [4.78, 5) is 43.1. The van der Waals surface area contributed by atoms with E-state index in [9.17, 15) is 19.5 Å². The van der Waals surface area contributed by atoms with Gasteiger partial charge in [0.25, 0.3) is 11.5 Å². The van der Waals surface area contributed by atoms with Gasteiger partial charge in [0, 0.05) is 17.4 Å². The highest BCUT2D eigenvalue weighted by Crippen LogP contribution is 2.39.